The molecular weight excluding hydrogens is 254 g/mol. The highest BCUT2D eigenvalue weighted by atomic mass is 16.5. The Labute approximate surface area is 122 Å². The number of hydrogen-bond acceptors (Lipinski definition) is 3. The quantitative estimate of drug-likeness (QED) is 0.310. The van der Waals surface area contributed by atoms with Gasteiger partial charge >= 0.3 is 5.97 Å². The van der Waals surface area contributed by atoms with Gasteiger partial charge in [0.25, 0.3) is 0 Å². The molecule has 116 valence electrons. The van der Waals surface area contributed by atoms with Crippen LogP contribution in [0.1, 0.15) is 58.3 Å². The molecule has 1 rings (SSSR count). The van der Waals surface area contributed by atoms with Crippen molar-refractivity contribution in [2.24, 2.45) is 4.99 Å². The molecule has 20 heavy (non-hydrogen) atoms. The van der Waals surface area contributed by atoms with Gasteiger partial charge in [-0.3, -0.25) is 9.79 Å². The van der Waals surface area contributed by atoms with Crippen molar-refractivity contribution in [3.05, 3.63) is 0 Å². The predicted octanol–water partition coefficient (Wildman–Crippen LogP) is 2.22. The zero-order valence-electron chi connectivity index (χ0n) is 12.9. The molecule has 0 aromatic carbocycles. The van der Waals surface area contributed by atoms with Gasteiger partial charge in [0.15, 0.2) is 5.96 Å². The Hall–Kier alpha value is -1.26. The number of aliphatic imine (C=N–C) groups is 1. The molecule has 1 aliphatic carbocycles. The molecule has 0 aromatic heterocycles. The van der Waals surface area contributed by atoms with Crippen molar-refractivity contribution in [1.82, 2.24) is 10.6 Å². The number of methoxy groups -OCH3 is 1. The number of guanidine groups is 1. The van der Waals surface area contributed by atoms with Crippen LogP contribution in [0.2, 0.25) is 0 Å². The van der Waals surface area contributed by atoms with Gasteiger partial charge < -0.3 is 15.4 Å². The van der Waals surface area contributed by atoms with Crippen LogP contribution in [0.5, 0.6) is 0 Å². The predicted molar refractivity (Wildman–Crippen MR) is 81.9 cm³/mol. The average Bonchev–Trinajstić information content (AvgIpc) is 2.95. The van der Waals surface area contributed by atoms with Crippen molar-refractivity contribution < 1.29 is 9.53 Å². The molecule has 0 bridgehead atoms. The number of carbonyl (C=O) groups excluding carboxylic acids is 1. The van der Waals surface area contributed by atoms with E-state index in [9.17, 15) is 4.79 Å². The summed E-state index contributed by atoms with van der Waals surface area (Å²) in [7, 11) is 1.43. The zero-order valence-corrected chi connectivity index (χ0v) is 12.9. The molecule has 0 atom stereocenters. The molecule has 0 aromatic rings. The van der Waals surface area contributed by atoms with Gasteiger partial charge in [-0.1, -0.05) is 19.3 Å². The van der Waals surface area contributed by atoms with Crippen LogP contribution in [0.4, 0.5) is 0 Å². The van der Waals surface area contributed by atoms with Crippen molar-refractivity contribution >= 4 is 11.9 Å². The summed E-state index contributed by atoms with van der Waals surface area (Å²) in [6.07, 6.45) is 8.58. The topological polar surface area (TPSA) is 62.7 Å². The largest absolute Gasteiger partial charge is 0.469 e. The first kappa shape index (κ1) is 16.8. The summed E-state index contributed by atoms with van der Waals surface area (Å²) in [4.78, 5) is 15.6. The van der Waals surface area contributed by atoms with Crippen LogP contribution in [-0.2, 0) is 9.53 Å². The molecule has 0 radical (unpaired) electrons. The van der Waals surface area contributed by atoms with Crippen LogP contribution in [0.3, 0.4) is 0 Å². The molecular formula is C15H29N3O2. The zero-order chi connectivity index (χ0) is 14.6. The van der Waals surface area contributed by atoms with Gasteiger partial charge in [0, 0.05) is 25.6 Å². The van der Waals surface area contributed by atoms with Crippen LogP contribution in [0.15, 0.2) is 4.99 Å². The summed E-state index contributed by atoms with van der Waals surface area (Å²) in [6.45, 7) is 3.78. The molecule has 0 saturated heterocycles. The minimum absolute atomic E-state index is 0.121. The summed E-state index contributed by atoms with van der Waals surface area (Å²) in [5, 5.41) is 6.79. The first-order chi connectivity index (χ1) is 9.76. The van der Waals surface area contributed by atoms with E-state index < -0.39 is 0 Å². The number of ether oxygens (including phenoxy) is 1. The van der Waals surface area contributed by atoms with E-state index in [2.05, 4.69) is 27.3 Å². The van der Waals surface area contributed by atoms with Gasteiger partial charge in [0.1, 0.15) is 0 Å². The van der Waals surface area contributed by atoms with Crippen molar-refractivity contribution in [1.29, 1.82) is 0 Å². The van der Waals surface area contributed by atoms with Gasteiger partial charge in [-0.2, -0.15) is 0 Å². The molecule has 0 aliphatic heterocycles. The first-order valence-electron chi connectivity index (χ1n) is 7.88. The maximum atomic E-state index is 11.0. The second-order valence-electron chi connectivity index (χ2n) is 5.27. The summed E-state index contributed by atoms with van der Waals surface area (Å²) >= 11 is 0. The van der Waals surface area contributed by atoms with E-state index in [4.69, 9.17) is 0 Å². The lowest BCUT2D eigenvalue weighted by atomic mass is 10.2. The lowest BCUT2D eigenvalue weighted by Crippen LogP contribution is -2.42. The van der Waals surface area contributed by atoms with Crippen LogP contribution in [-0.4, -0.2) is 38.2 Å². The van der Waals surface area contributed by atoms with Crippen LogP contribution < -0.4 is 10.6 Å². The molecule has 0 spiro atoms. The van der Waals surface area contributed by atoms with Crippen LogP contribution in [0.25, 0.3) is 0 Å². The Morgan fingerprint density at radius 1 is 1.25 bits per heavy atom. The number of unbranched alkanes of at least 4 members (excludes halogenated alkanes) is 2. The standard InChI is InChI=1S/C15H29N3O2/c1-3-16-15(18-13-9-6-7-10-13)17-12-8-4-5-11-14(19)20-2/h13H,3-12H2,1-2H3,(H2,16,17,18). The number of hydrogen-bond donors (Lipinski definition) is 2. The van der Waals surface area contributed by atoms with Gasteiger partial charge in [-0.25, -0.2) is 0 Å². The highest BCUT2D eigenvalue weighted by molar-refractivity contribution is 5.80. The van der Waals surface area contributed by atoms with Gasteiger partial charge in [0.05, 0.1) is 7.11 Å². The lowest BCUT2D eigenvalue weighted by Gasteiger charge is -2.16. The summed E-state index contributed by atoms with van der Waals surface area (Å²) < 4.78 is 4.61. The molecule has 0 unspecified atom stereocenters. The van der Waals surface area contributed by atoms with Crippen molar-refractivity contribution in [2.75, 3.05) is 20.2 Å². The molecule has 0 heterocycles. The third-order valence-corrected chi connectivity index (χ3v) is 3.58. The van der Waals surface area contributed by atoms with Gasteiger partial charge in [0.2, 0.25) is 0 Å². The normalized spacial score (nSPS) is 16.2. The van der Waals surface area contributed by atoms with E-state index in [1.54, 1.807) is 0 Å². The van der Waals surface area contributed by atoms with E-state index in [1.165, 1.54) is 32.8 Å². The van der Waals surface area contributed by atoms with Crippen LogP contribution >= 0.6 is 0 Å². The SMILES string of the molecule is CCNC(=NCCCCCC(=O)OC)NC1CCCC1. The van der Waals surface area contributed by atoms with Crippen molar-refractivity contribution in [2.45, 2.75) is 64.3 Å². The fourth-order valence-corrected chi connectivity index (χ4v) is 2.43. The van der Waals surface area contributed by atoms with Crippen LogP contribution in [0, 0.1) is 0 Å². The van der Waals surface area contributed by atoms with E-state index >= 15 is 0 Å². The fourth-order valence-electron chi connectivity index (χ4n) is 2.43. The number of carbonyl (C=O) groups is 1. The number of rotatable bonds is 8. The maximum Gasteiger partial charge on any atom is 0.305 e. The van der Waals surface area contributed by atoms with E-state index in [-0.39, 0.29) is 5.97 Å². The van der Waals surface area contributed by atoms with Crippen molar-refractivity contribution in [3.63, 3.8) is 0 Å². The highest BCUT2D eigenvalue weighted by Crippen LogP contribution is 2.17. The minimum atomic E-state index is -0.121. The minimum Gasteiger partial charge on any atom is -0.469 e. The molecule has 5 nitrogen and oxygen atoms in total. The Morgan fingerprint density at radius 3 is 2.65 bits per heavy atom. The Balaban J connectivity index is 2.16. The second-order valence-corrected chi connectivity index (χ2v) is 5.27. The third-order valence-electron chi connectivity index (χ3n) is 3.58. The maximum absolute atomic E-state index is 11.0. The molecule has 1 saturated carbocycles. The van der Waals surface area contributed by atoms with E-state index in [1.807, 2.05) is 0 Å². The molecule has 1 aliphatic rings. The number of nitrogens with one attached hydrogen (secondary N) is 2. The lowest BCUT2D eigenvalue weighted by molar-refractivity contribution is -0.140. The number of esters is 1. The van der Waals surface area contributed by atoms with E-state index in [0.717, 1.165) is 38.3 Å². The van der Waals surface area contributed by atoms with E-state index in [0.29, 0.717) is 12.5 Å². The Morgan fingerprint density at radius 2 is 2.00 bits per heavy atom. The highest BCUT2D eigenvalue weighted by Gasteiger charge is 2.15. The average molecular weight is 283 g/mol. The van der Waals surface area contributed by atoms with Gasteiger partial charge in [-0.05, 0) is 32.6 Å². The molecule has 1 fully saturated rings. The third kappa shape index (κ3) is 7.36. The number of nitrogens with zero attached hydrogens (tertiary/aromatic N) is 1. The summed E-state index contributed by atoms with van der Waals surface area (Å²) in [5.74, 6) is 0.817. The summed E-state index contributed by atoms with van der Waals surface area (Å²) in [5.41, 5.74) is 0. The fraction of sp³-hybridized carbons (Fsp3) is 0.867. The Bertz CT molecular complexity index is 299. The summed E-state index contributed by atoms with van der Waals surface area (Å²) in [6, 6.07) is 0.590. The molecule has 5 heteroatoms. The molecule has 2 N–H and O–H groups in total. The second kappa shape index (κ2) is 10.5. The smallest absolute Gasteiger partial charge is 0.305 e. The van der Waals surface area contributed by atoms with Crippen molar-refractivity contribution in [3.8, 4) is 0 Å². The van der Waals surface area contributed by atoms with Gasteiger partial charge in [-0.15, -0.1) is 0 Å². The molecule has 0 amide bonds. The Kier molecular flexibility index (Phi) is 8.83. The first-order valence-corrected chi connectivity index (χ1v) is 7.88. The monoisotopic (exact) mass is 283 g/mol.